The van der Waals surface area contributed by atoms with Crippen LogP contribution in [0.4, 0.5) is 28.9 Å². The second-order valence-electron chi connectivity index (χ2n) is 7.14. The number of carbonyl (C=O) groups excluding carboxylic acids is 3. The first-order valence-corrected chi connectivity index (χ1v) is 9.85. The second kappa shape index (κ2) is 10.2. The molecule has 0 saturated carbocycles. The summed E-state index contributed by atoms with van der Waals surface area (Å²) in [6.07, 6.45) is -4.84. The van der Waals surface area contributed by atoms with Gasteiger partial charge in [0.15, 0.2) is 12.4 Å². The number of halogens is 4. The van der Waals surface area contributed by atoms with Gasteiger partial charge in [-0.1, -0.05) is 12.1 Å². The van der Waals surface area contributed by atoms with E-state index in [0.29, 0.717) is 11.6 Å². The van der Waals surface area contributed by atoms with Gasteiger partial charge in [0.05, 0.1) is 11.3 Å². The number of ketones is 1. The number of amides is 2. The Morgan fingerprint density at radius 3 is 2.24 bits per heavy atom. The van der Waals surface area contributed by atoms with Crippen LogP contribution in [0, 0.1) is 5.82 Å². The molecule has 3 aromatic carbocycles. The van der Waals surface area contributed by atoms with E-state index < -0.39 is 41.7 Å². The van der Waals surface area contributed by atoms with Gasteiger partial charge < -0.3 is 15.4 Å². The monoisotopic (exact) mass is 474 g/mol. The molecule has 0 fully saturated rings. The Hall–Kier alpha value is -4.21. The van der Waals surface area contributed by atoms with Gasteiger partial charge in [0, 0.05) is 16.8 Å². The lowest BCUT2D eigenvalue weighted by Crippen LogP contribution is -2.22. The van der Waals surface area contributed by atoms with Crippen LogP contribution < -0.4 is 15.4 Å². The van der Waals surface area contributed by atoms with Gasteiger partial charge in [-0.05, 0) is 61.5 Å². The average molecular weight is 474 g/mol. The van der Waals surface area contributed by atoms with Crippen LogP contribution in [-0.4, -0.2) is 24.2 Å². The average Bonchev–Trinajstić information content (AvgIpc) is 2.78. The molecule has 2 N–H and O–H groups in total. The van der Waals surface area contributed by atoms with Gasteiger partial charge in [0.25, 0.3) is 11.8 Å². The molecule has 3 aromatic rings. The first-order chi connectivity index (χ1) is 16.0. The summed E-state index contributed by atoms with van der Waals surface area (Å²) in [5, 5.41) is 4.44. The zero-order chi connectivity index (χ0) is 24.9. The number of anilines is 2. The lowest BCUT2D eigenvalue weighted by Gasteiger charge is -2.16. The van der Waals surface area contributed by atoms with Crippen molar-refractivity contribution in [1.82, 2.24) is 0 Å². The summed E-state index contributed by atoms with van der Waals surface area (Å²) in [6.45, 7) is 0.762. The molecule has 0 heterocycles. The molecule has 0 aliphatic carbocycles. The molecule has 0 atom stereocenters. The van der Waals surface area contributed by atoms with Crippen molar-refractivity contribution in [3.8, 4) is 5.75 Å². The van der Waals surface area contributed by atoms with E-state index in [1.165, 1.54) is 37.3 Å². The molecule has 0 aromatic heterocycles. The molecule has 0 aliphatic heterocycles. The lowest BCUT2D eigenvalue weighted by molar-refractivity contribution is -0.137. The van der Waals surface area contributed by atoms with Crippen molar-refractivity contribution in [3.05, 3.63) is 89.2 Å². The molecule has 34 heavy (non-hydrogen) atoms. The van der Waals surface area contributed by atoms with E-state index in [4.69, 9.17) is 4.74 Å². The molecule has 0 radical (unpaired) electrons. The van der Waals surface area contributed by atoms with Gasteiger partial charge in [0.1, 0.15) is 11.6 Å². The SMILES string of the molecule is CC(=O)c1cccc(OCC(=O)Nc2ccc(NC(=O)c3ccc(F)cc3)cc2C(F)(F)F)c1. The number of hydrogen-bond donors (Lipinski definition) is 2. The van der Waals surface area contributed by atoms with E-state index in [9.17, 15) is 31.9 Å². The molecule has 0 saturated heterocycles. The first kappa shape index (κ1) is 24.4. The number of Topliss-reactive ketones (excluding diaryl/α,β-unsaturated/α-hetero) is 1. The van der Waals surface area contributed by atoms with Crippen molar-refractivity contribution in [3.63, 3.8) is 0 Å². The van der Waals surface area contributed by atoms with Gasteiger partial charge in [-0.15, -0.1) is 0 Å². The van der Waals surface area contributed by atoms with Crippen LogP contribution in [0.1, 0.15) is 33.2 Å². The zero-order valence-corrected chi connectivity index (χ0v) is 17.7. The van der Waals surface area contributed by atoms with E-state index in [2.05, 4.69) is 10.6 Å². The third-order valence-electron chi connectivity index (χ3n) is 4.57. The second-order valence-corrected chi connectivity index (χ2v) is 7.14. The highest BCUT2D eigenvalue weighted by atomic mass is 19.4. The normalized spacial score (nSPS) is 11.0. The fourth-order valence-corrected chi connectivity index (χ4v) is 2.91. The molecule has 0 bridgehead atoms. The molecular weight excluding hydrogens is 456 g/mol. The number of rotatable bonds is 7. The minimum Gasteiger partial charge on any atom is -0.484 e. The number of hydrogen-bond acceptors (Lipinski definition) is 4. The van der Waals surface area contributed by atoms with Crippen molar-refractivity contribution < 1.29 is 36.7 Å². The minimum absolute atomic E-state index is 0.0540. The Labute approximate surface area is 191 Å². The molecule has 6 nitrogen and oxygen atoms in total. The molecule has 0 unspecified atom stereocenters. The van der Waals surface area contributed by atoms with E-state index in [1.807, 2.05) is 0 Å². The van der Waals surface area contributed by atoms with Gasteiger partial charge in [-0.3, -0.25) is 14.4 Å². The summed E-state index contributed by atoms with van der Waals surface area (Å²) < 4.78 is 59.0. The Bertz CT molecular complexity index is 1220. The number of benzene rings is 3. The first-order valence-electron chi connectivity index (χ1n) is 9.85. The molecule has 0 spiro atoms. The van der Waals surface area contributed by atoms with Crippen molar-refractivity contribution in [2.75, 3.05) is 17.2 Å². The van der Waals surface area contributed by atoms with E-state index in [-0.39, 0.29) is 22.8 Å². The molecular formula is C24H18F4N2O4. The van der Waals surface area contributed by atoms with Gasteiger partial charge in [-0.2, -0.15) is 13.2 Å². The summed E-state index contributed by atoms with van der Waals surface area (Å²) in [4.78, 5) is 35.8. The zero-order valence-electron chi connectivity index (χ0n) is 17.7. The van der Waals surface area contributed by atoms with Gasteiger partial charge in [-0.25, -0.2) is 4.39 Å². The summed E-state index contributed by atoms with van der Waals surface area (Å²) >= 11 is 0. The highest BCUT2D eigenvalue weighted by molar-refractivity contribution is 6.04. The minimum atomic E-state index is -4.84. The smallest absolute Gasteiger partial charge is 0.418 e. The Balaban J connectivity index is 1.71. The number of alkyl halides is 3. The molecule has 2 amide bonds. The summed E-state index contributed by atoms with van der Waals surface area (Å²) in [5.74, 6) is -2.16. The molecule has 10 heteroatoms. The summed E-state index contributed by atoms with van der Waals surface area (Å²) in [7, 11) is 0. The maximum absolute atomic E-state index is 13.6. The summed E-state index contributed by atoms with van der Waals surface area (Å²) in [5.41, 5.74) is -1.47. The van der Waals surface area contributed by atoms with E-state index in [1.54, 1.807) is 12.1 Å². The predicted octanol–water partition coefficient (Wildman–Crippen LogP) is 5.32. The van der Waals surface area contributed by atoms with Crippen LogP contribution in [0.15, 0.2) is 66.7 Å². The highest BCUT2D eigenvalue weighted by Gasteiger charge is 2.34. The fraction of sp³-hybridized carbons (Fsp3) is 0.125. The van der Waals surface area contributed by atoms with Crippen LogP contribution in [0.2, 0.25) is 0 Å². The quantitative estimate of drug-likeness (QED) is 0.359. The predicted molar refractivity (Wildman–Crippen MR) is 116 cm³/mol. The van der Waals surface area contributed by atoms with E-state index in [0.717, 1.165) is 18.2 Å². The van der Waals surface area contributed by atoms with Crippen molar-refractivity contribution >= 4 is 29.0 Å². The van der Waals surface area contributed by atoms with Crippen LogP contribution in [-0.2, 0) is 11.0 Å². The van der Waals surface area contributed by atoms with Crippen LogP contribution in [0.3, 0.4) is 0 Å². The molecule has 0 aliphatic rings. The molecule has 3 rings (SSSR count). The third-order valence-corrected chi connectivity index (χ3v) is 4.57. The topological polar surface area (TPSA) is 84.5 Å². The standard InChI is InChI=1S/C24H18F4N2O4/c1-14(31)16-3-2-4-19(11-16)34-13-22(32)30-21-10-9-18(12-20(21)24(26,27)28)29-23(33)15-5-7-17(25)8-6-15/h2-12H,13H2,1H3,(H,29,33)(H,30,32). The Kier molecular flexibility index (Phi) is 7.30. The third kappa shape index (κ3) is 6.41. The number of carbonyl (C=O) groups is 3. The maximum Gasteiger partial charge on any atom is 0.418 e. The van der Waals surface area contributed by atoms with Crippen LogP contribution in [0.5, 0.6) is 5.75 Å². The maximum atomic E-state index is 13.6. The largest absolute Gasteiger partial charge is 0.484 e. The van der Waals surface area contributed by atoms with Gasteiger partial charge >= 0.3 is 6.18 Å². The Morgan fingerprint density at radius 2 is 1.59 bits per heavy atom. The lowest BCUT2D eigenvalue weighted by atomic mass is 10.1. The van der Waals surface area contributed by atoms with E-state index >= 15 is 0 Å². The number of ether oxygens (including phenoxy) is 1. The van der Waals surface area contributed by atoms with Crippen molar-refractivity contribution in [2.24, 2.45) is 0 Å². The number of nitrogens with one attached hydrogen (secondary N) is 2. The van der Waals surface area contributed by atoms with Crippen molar-refractivity contribution in [2.45, 2.75) is 13.1 Å². The van der Waals surface area contributed by atoms with Crippen LogP contribution >= 0.6 is 0 Å². The fourth-order valence-electron chi connectivity index (χ4n) is 2.91. The van der Waals surface area contributed by atoms with Gasteiger partial charge in [0.2, 0.25) is 0 Å². The highest BCUT2D eigenvalue weighted by Crippen LogP contribution is 2.36. The van der Waals surface area contributed by atoms with Crippen molar-refractivity contribution in [1.29, 1.82) is 0 Å². The molecule has 176 valence electrons. The Morgan fingerprint density at radius 1 is 0.882 bits per heavy atom. The van der Waals surface area contributed by atoms with Crippen LogP contribution in [0.25, 0.3) is 0 Å². The summed E-state index contributed by atoms with van der Waals surface area (Å²) in [6, 6.07) is 13.3.